The van der Waals surface area contributed by atoms with Crippen molar-refractivity contribution < 1.29 is 44.7 Å². The van der Waals surface area contributed by atoms with Gasteiger partial charge >= 0.3 is 37.1 Å². The molecule has 0 aromatic heterocycles. The second kappa shape index (κ2) is 10.4. The van der Waals surface area contributed by atoms with Gasteiger partial charge in [-0.1, -0.05) is 30.2 Å². The summed E-state index contributed by atoms with van der Waals surface area (Å²) in [6, 6.07) is 7.83. The fraction of sp³-hybridized carbons (Fsp3) is 0.200. The average Bonchev–Trinajstić information content (AvgIpc) is 2.62. The number of nitrogens with one attached hydrogen (secondary N) is 1. The second-order valence-corrected chi connectivity index (χ2v) is 8.07. The molecule has 3 rings (SSSR count). The molecule has 4 nitrogen and oxygen atoms in total. The van der Waals surface area contributed by atoms with Gasteiger partial charge in [-0.15, -0.1) is 23.3 Å². The number of carbonyl (C=O) groups is 1. The fourth-order valence-corrected chi connectivity index (χ4v) is 3.47. The Labute approximate surface area is 210 Å². The predicted octanol–water partition coefficient (Wildman–Crippen LogP) is 5.64. The normalized spacial score (nSPS) is 17.8. The summed E-state index contributed by atoms with van der Waals surface area (Å²) in [5.41, 5.74) is 0.965. The Kier molecular flexibility index (Phi) is 8.71. The van der Waals surface area contributed by atoms with Gasteiger partial charge in [0.15, 0.2) is 0 Å². The fourth-order valence-electron chi connectivity index (χ4n) is 2.84. The van der Waals surface area contributed by atoms with Crippen LogP contribution in [-0.4, -0.2) is 29.2 Å². The zero-order valence-corrected chi connectivity index (χ0v) is 22.3. The van der Waals surface area contributed by atoms with Crippen molar-refractivity contribution in [1.82, 2.24) is 4.90 Å². The number of nitrogens with zero attached hydrogens (tertiary/aromatic N) is 2. The smallest absolute Gasteiger partial charge is 0.858 e. The summed E-state index contributed by atoms with van der Waals surface area (Å²) < 4.78 is 28.1. The molecular weight excluding hydrogens is 737 g/mol. The van der Waals surface area contributed by atoms with Gasteiger partial charge < -0.3 is 15.6 Å². The Bertz CT molecular complexity index is 986. The molecule has 9 heteroatoms. The first-order valence-corrected chi connectivity index (χ1v) is 9.86. The third kappa shape index (κ3) is 6.03. The number of hydrogen-bond donors (Lipinski definition) is 1. The van der Waals surface area contributed by atoms with E-state index in [1.54, 1.807) is 19.1 Å². The second-order valence-electron chi connectivity index (χ2n) is 6.41. The first-order chi connectivity index (χ1) is 13.2. The Balaban J connectivity index is 0.00000300. The van der Waals surface area contributed by atoms with Crippen molar-refractivity contribution in [1.29, 1.82) is 0 Å². The van der Waals surface area contributed by atoms with Gasteiger partial charge in [0.25, 0.3) is 0 Å². The molecule has 29 heavy (non-hydrogen) atoms. The van der Waals surface area contributed by atoms with Gasteiger partial charge in [-0.2, -0.15) is 0 Å². The van der Waals surface area contributed by atoms with E-state index in [2.05, 4.69) is 11.4 Å². The maximum absolute atomic E-state index is 14.1. The quantitative estimate of drug-likeness (QED) is 0.314. The molecule has 0 saturated carbocycles. The largest absolute Gasteiger partial charge is 2.00 e. The number of rotatable bonds is 2. The van der Waals surface area contributed by atoms with Crippen molar-refractivity contribution in [3.63, 3.8) is 0 Å². The van der Waals surface area contributed by atoms with Crippen LogP contribution >= 0.6 is 34.2 Å². The minimum absolute atomic E-state index is 0. The predicted molar refractivity (Wildman–Crippen MR) is 115 cm³/mol. The molecule has 0 radical (unpaired) electrons. The summed E-state index contributed by atoms with van der Waals surface area (Å²) in [4.78, 5) is 14.2. The van der Waals surface area contributed by atoms with Crippen LogP contribution in [0.3, 0.4) is 0 Å². The molecular formula is C20H15ClF2IN3OU. The van der Waals surface area contributed by atoms with E-state index < -0.39 is 17.7 Å². The first kappa shape index (κ1) is 24.3. The van der Waals surface area contributed by atoms with E-state index in [1.165, 1.54) is 23.1 Å². The number of likely N-dealkylation sites (tertiary alicyclic amines) is 1. The van der Waals surface area contributed by atoms with Crippen LogP contribution in [-0.2, 0) is 0 Å². The van der Waals surface area contributed by atoms with Gasteiger partial charge in [0, 0.05) is 24.1 Å². The summed E-state index contributed by atoms with van der Waals surface area (Å²) in [5, 5.41) is 12.8. The Morgan fingerprint density at radius 1 is 1.28 bits per heavy atom. The van der Waals surface area contributed by atoms with Crippen LogP contribution in [0, 0.1) is 52.4 Å². The van der Waals surface area contributed by atoms with Crippen LogP contribution in [0.1, 0.15) is 18.9 Å². The molecule has 2 amide bonds. The standard InChI is InChI=1S/C20H15ClF2IN3O.U/c1-11-6-19(25)13(7-12-2-3-14(24)8-18(12)23)10-27(11)20(28)26-15-4-5-17(22)16(21)9-15;/h2-5,8-9,11H,6,10H2,1H3,(H,26,28);/q-2;+2. The third-order valence-electron chi connectivity index (χ3n) is 4.35. The number of urea groups is 1. The minimum Gasteiger partial charge on any atom is -0.858 e. The van der Waals surface area contributed by atoms with Gasteiger partial charge in [0.2, 0.25) is 0 Å². The molecule has 148 valence electrons. The molecule has 2 aromatic rings. The average molecular weight is 752 g/mol. The van der Waals surface area contributed by atoms with E-state index in [0.29, 0.717) is 11.3 Å². The summed E-state index contributed by atoms with van der Waals surface area (Å²) in [6.45, 7) is 1.84. The van der Waals surface area contributed by atoms with Crippen molar-refractivity contribution >= 4 is 51.6 Å². The molecule has 0 aliphatic carbocycles. The summed E-state index contributed by atoms with van der Waals surface area (Å²) in [5.74, 6) is -1.03. The molecule has 1 aliphatic rings. The Morgan fingerprint density at radius 3 is 2.66 bits per heavy atom. The Hall–Kier alpha value is -0.948. The summed E-state index contributed by atoms with van der Waals surface area (Å²) in [7, 11) is 0. The van der Waals surface area contributed by atoms with Crippen molar-refractivity contribution in [2.75, 3.05) is 11.9 Å². The SMILES string of the molecule is CC1CC(=[N-])C(=[C-]c2ccc(I)cc2F)CN1C(=O)Nc1ccc(F)c(Cl)c1.[U+2]. The first-order valence-electron chi connectivity index (χ1n) is 8.40. The zero-order chi connectivity index (χ0) is 20.4. The van der Waals surface area contributed by atoms with Crippen LogP contribution in [0.2, 0.25) is 5.02 Å². The Morgan fingerprint density at radius 2 is 2.00 bits per heavy atom. The van der Waals surface area contributed by atoms with Gasteiger partial charge in [-0.05, 0) is 51.3 Å². The maximum atomic E-state index is 14.1. The number of benzene rings is 2. The number of hydrogen-bond acceptors (Lipinski definition) is 1. The van der Waals surface area contributed by atoms with Crippen molar-refractivity contribution in [3.8, 4) is 0 Å². The van der Waals surface area contributed by atoms with Crippen LogP contribution in [0.25, 0.3) is 5.41 Å². The molecule has 1 fully saturated rings. The number of carbonyl (C=O) groups excluding carboxylic acids is 1. The van der Waals surface area contributed by atoms with Crippen molar-refractivity contribution in [2.45, 2.75) is 19.4 Å². The van der Waals surface area contributed by atoms with E-state index in [-0.39, 0.29) is 66.4 Å². The molecule has 1 unspecified atom stereocenters. The maximum Gasteiger partial charge on any atom is 2.00 e. The van der Waals surface area contributed by atoms with Gasteiger partial charge in [0.1, 0.15) is 5.82 Å². The number of halogens is 4. The summed E-state index contributed by atoms with van der Waals surface area (Å²) in [6.07, 6.45) is 3.09. The van der Waals surface area contributed by atoms with Crippen molar-refractivity contribution in [2.24, 2.45) is 0 Å². The molecule has 1 atom stereocenters. The minimum atomic E-state index is -0.579. The van der Waals surface area contributed by atoms with E-state index in [0.717, 1.165) is 9.64 Å². The van der Waals surface area contributed by atoms with E-state index in [4.69, 9.17) is 11.6 Å². The molecule has 1 heterocycles. The number of amides is 2. The van der Waals surface area contributed by atoms with E-state index >= 15 is 0 Å². The number of anilines is 1. The molecule has 1 saturated heterocycles. The van der Waals surface area contributed by atoms with E-state index in [1.807, 2.05) is 22.6 Å². The monoisotopic (exact) mass is 751 g/mol. The van der Waals surface area contributed by atoms with Gasteiger partial charge in [0.05, 0.1) is 5.02 Å². The van der Waals surface area contributed by atoms with Gasteiger partial charge in [-0.25, -0.2) is 9.18 Å². The third-order valence-corrected chi connectivity index (χ3v) is 5.31. The van der Waals surface area contributed by atoms with E-state index in [9.17, 15) is 19.0 Å². The molecule has 0 bridgehead atoms. The van der Waals surface area contributed by atoms with Crippen molar-refractivity contribution in [3.05, 3.63) is 79.2 Å². The van der Waals surface area contributed by atoms with Crippen LogP contribution < -0.4 is 5.32 Å². The summed E-state index contributed by atoms with van der Waals surface area (Å²) >= 11 is 7.75. The molecule has 1 aliphatic heterocycles. The topological polar surface area (TPSA) is 54.6 Å². The molecule has 1 N–H and O–H groups in total. The zero-order valence-electron chi connectivity index (χ0n) is 15.3. The number of piperidine rings is 1. The van der Waals surface area contributed by atoms with Crippen LogP contribution in [0.4, 0.5) is 19.3 Å². The molecule has 2 aromatic carbocycles. The molecule has 0 spiro atoms. The van der Waals surface area contributed by atoms with Gasteiger partial charge in [-0.3, -0.25) is 10.1 Å². The van der Waals surface area contributed by atoms with Crippen LogP contribution in [0.15, 0.2) is 42.0 Å². The van der Waals surface area contributed by atoms with Crippen LogP contribution in [0.5, 0.6) is 0 Å².